The second kappa shape index (κ2) is 10.9. The van der Waals surface area contributed by atoms with Crippen molar-refractivity contribution in [2.24, 2.45) is 0 Å². The summed E-state index contributed by atoms with van der Waals surface area (Å²) in [6, 6.07) is 18.3. The number of halogens is 1. The van der Waals surface area contributed by atoms with Crippen molar-refractivity contribution in [1.82, 2.24) is 0 Å². The van der Waals surface area contributed by atoms with Crippen molar-refractivity contribution in [3.8, 4) is 23.3 Å². The molecule has 8 nitrogen and oxygen atoms in total. The molecule has 3 aromatic rings. The van der Waals surface area contributed by atoms with E-state index in [0.29, 0.717) is 34.0 Å². The Morgan fingerprint density at radius 2 is 1.55 bits per heavy atom. The van der Waals surface area contributed by atoms with Crippen LogP contribution in [0.2, 0.25) is 5.02 Å². The number of nitrogens with zero attached hydrogens (tertiary/aromatic N) is 1. The third-order valence-corrected chi connectivity index (χ3v) is 4.79. The normalized spacial score (nSPS) is 10.0. The molecule has 3 rings (SSSR count). The third-order valence-electron chi connectivity index (χ3n) is 4.50. The van der Waals surface area contributed by atoms with Crippen molar-refractivity contribution >= 4 is 34.8 Å². The summed E-state index contributed by atoms with van der Waals surface area (Å²) in [6.45, 7) is -0.330. The van der Waals surface area contributed by atoms with E-state index in [1.54, 1.807) is 30.3 Å². The second-order valence-corrected chi connectivity index (χ2v) is 7.07. The summed E-state index contributed by atoms with van der Waals surface area (Å²) < 4.78 is 16.2. The number of nitriles is 1. The van der Waals surface area contributed by atoms with Crippen molar-refractivity contribution < 1.29 is 23.8 Å². The van der Waals surface area contributed by atoms with E-state index in [2.05, 4.69) is 10.6 Å². The number of methoxy groups -OCH3 is 2. The number of ether oxygens (including phenoxy) is 3. The van der Waals surface area contributed by atoms with Gasteiger partial charge in [0.2, 0.25) is 0 Å². The molecule has 0 bridgehead atoms. The number of rotatable bonds is 8. The van der Waals surface area contributed by atoms with Crippen LogP contribution in [0.4, 0.5) is 11.4 Å². The quantitative estimate of drug-likeness (QED) is 0.507. The van der Waals surface area contributed by atoms with Crippen LogP contribution >= 0.6 is 11.6 Å². The van der Waals surface area contributed by atoms with Gasteiger partial charge in [-0.05, 0) is 30.3 Å². The van der Waals surface area contributed by atoms with E-state index in [1.807, 2.05) is 12.1 Å². The lowest BCUT2D eigenvalue weighted by Crippen LogP contribution is -2.21. The Morgan fingerprint density at radius 1 is 0.909 bits per heavy atom. The largest absolute Gasteiger partial charge is 0.494 e. The van der Waals surface area contributed by atoms with Gasteiger partial charge in [0.15, 0.2) is 6.61 Å². The number of benzene rings is 3. The van der Waals surface area contributed by atoms with Gasteiger partial charge in [-0.15, -0.1) is 0 Å². The number of nitrogens with one attached hydrogen (secondary N) is 2. The number of hydrogen-bond donors (Lipinski definition) is 2. The predicted octanol–water partition coefficient (Wildman–Crippen LogP) is 4.50. The Kier molecular flexibility index (Phi) is 7.73. The Bertz CT molecular complexity index is 1210. The van der Waals surface area contributed by atoms with Gasteiger partial charge in [-0.25, -0.2) is 0 Å². The molecule has 0 saturated carbocycles. The Hall–Kier alpha value is -4.22. The molecule has 168 valence electrons. The first-order valence-electron chi connectivity index (χ1n) is 9.70. The van der Waals surface area contributed by atoms with Gasteiger partial charge in [-0.2, -0.15) is 5.26 Å². The van der Waals surface area contributed by atoms with Gasteiger partial charge in [0.05, 0.1) is 42.2 Å². The zero-order chi connectivity index (χ0) is 23.8. The number of carbonyl (C=O) groups excluding carboxylic acids is 2. The van der Waals surface area contributed by atoms with E-state index in [0.717, 1.165) is 0 Å². The summed E-state index contributed by atoms with van der Waals surface area (Å²) >= 11 is 6.06. The van der Waals surface area contributed by atoms with E-state index in [1.165, 1.54) is 38.5 Å². The molecule has 0 atom stereocenters. The van der Waals surface area contributed by atoms with Crippen molar-refractivity contribution in [3.05, 3.63) is 76.8 Å². The Morgan fingerprint density at radius 3 is 2.12 bits per heavy atom. The summed E-state index contributed by atoms with van der Waals surface area (Å²) in [5, 5.41) is 14.6. The highest BCUT2D eigenvalue weighted by atomic mass is 35.5. The van der Waals surface area contributed by atoms with Crippen LogP contribution in [0.15, 0.2) is 60.7 Å². The highest BCUT2D eigenvalue weighted by Crippen LogP contribution is 2.36. The zero-order valence-electron chi connectivity index (χ0n) is 17.8. The van der Waals surface area contributed by atoms with Crippen LogP contribution in [0.3, 0.4) is 0 Å². The smallest absolute Gasteiger partial charge is 0.262 e. The maximum atomic E-state index is 12.5. The summed E-state index contributed by atoms with van der Waals surface area (Å²) in [5.41, 5.74) is 1.57. The van der Waals surface area contributed by atoms with Gasteiger partial charge in [-0.1, -0.05) is 29.8 Å². The molecule has 0 spiro atoms. The topological polar surface area (TPSA) is 110 Å². The van der Waals surface area contributed by atoms with Crippen LogP contribution in [0, 0.1) is 11.3 Å². The standard InChI is InChI=1S/C24H20ClN3O5/c1-31-21-12-19(28-24(30)16-6-4-3-5-7-16)22(32-2)11-18(21)27-23(29)14-33-20-9-8-15(13-26)10-17(20)25/h3-12H,14H2,1-2H3,(H,27,29)(H,28,30). The van der Waals surface area contributed by atoms with E-state index < -0.39 is 5.91 Å². The molecule has 0 unspecified atom stereocenters. The molecule has 0 aromatic heterocycles. The van der Waals surface area contributed by atoms with Crippen LogP contribution < -0.4 is 24.8 Å². The monoisotopic (exact) mass is 465 g/mol. The highest BCUT2D eigenvalue weighted by molar-refractivity contribution is 6.32. The van der Waals surface area contributed by atoms with E-state index in [4.69, 9.17) is 31.1 Å². The molecule has 0 radical (unpaired) electrons. The maximum absolute atomic E-state index is 12.5. The molecule has 0 saturated heterocycles. The molecule has 2 amide bonds. The summed E-state index contributed by atoms with van der Waals surface area (Å²) in [6.07, 6.45) is 0. The van der Waals surface area contributed by atoms with Gasteiger partial charge in [-0.3, -0.25) is 9.59 Å². The third kappa shape index (κ3) is 5.93. The SMILES string of the molecule is COc1cc(NC(=O)c2ccccc2)c(OC)cc1NC(=O)COc1ccc(C#N)cc1Cl. The lowest BCUT2D eigenvalue weighted by atomic mass is 10.2. The lowest BCUT2D eigenvalue weighted by Gasteiger charge is -2.16. The Labute approximate surface area is 195 Å². The fourth-order valence-corrected chi connectivity index (χ4v) is 3.13. The maximum Gasteiger partial charge on any atom is 0.262 e. The number of anilines is 2. The summed E-state index contributed by atoms with van der Waals surface area (Å²) in [5.74, 6) is 0.113. The molecule has 0 heterocycles. The van der Waals surface area contributed by atoms with Crippen LogP contribution in [-0.2, 0) is 4.79 Å². The molecule has 0 aliphatic carbocycles. The van der Waals surface area contributed by atoms with Crippen molar-refractivity contribution in [1.29, 1.82) is 5.26 Å². The first-order chi connectivity index (χ1) is 15.9. The van der Waals surface area contributed by atoms with Crippen molar-refractivity contribution in [2.75, 3.05) is 31.5 Å². The summed E-state index contributed by atoms with van der Waals surface area (Å²) in [4.78, 5) is 24.9. The first kappa shape index (κ1) is 23.4. The molecule has 0 aliphatic heterocycles. The number of amides is 2. The first-order valence-corrected chi connectivity index (χ1v) is 10.1. The van der Waals surface area contributed by atoms with E-state index in [9.17, 15) is 9.59 Å². The van der Waals surface area contributed by atoms with Crippen LogP contribution in [-0.4, -0.2) is 32.6 Å². The van der Waals surface area contributed by atoms with Gasteiger partial charge < -0.3 is 24.8 Å². The Balaban J connectivity index is 1.73. The zero-order valence-corrected chi connectivity index (χ0v) is 18.6. The van der Waals surface area contributed by atoms with Gasteiger partial charge in [0, 0.05) is 17.7 Å². The average Bonchev–Trinajstić information content (AvgIpc) is 2.84. The second-order valence-electron chi connectivity index (χ2n) is 6.67. The molecule has 2 N–H and O–H groups in total. The minimum Gasteiger partial charge on any atom is -0.494 e. The van der Waals surface area contributed by atoms with Crippen LogP contribution in [0.1, 0.15) is 15.9 Å². The van der Waals surface area contributed by atoms with E-state index >= 15 is 0 Å². The minimum absolute atomic E-state index is 0.222. The highest BCUT2D eigenvalue weighted by Gasteiger charge is 2.17. The lowest BCUT2D eigenvalue weighted by molar-refractivity contribution is -0.118. The summed E-state index contributed by atoms with van der Waals surface area (Å²) in [7, 11) is 2.88. The van der Waals surface area contributed by atoms with Gasteiger partial charge in [0.1, 0.15) is 17.2 Å². The predicted molar refractivity (Wildman–Crippen MR) is 124 cm³/mol. The minimum atomic E-state index is -0.475. The van der Waals surface area contributed by atoms with Crippen molar-refractivity contribution in [2.45, 2.75) is 0 Å². The number of hydrogen-bond acceptors (Lipinski definition) is 6. The van der Waals surface area contributed by atoms with E-state index in [-0.39, 0.29) is 23.3 Å². The van der Waals surface area contributed by atoms with Crippen LogP contribution in [0.25, 0.3) is 0 Å². The molecule has 3 aromatic carbocycles. The molecule has 0 aliphatic rings. The molecular formula is C24H20ClN3O5. The fraction of sp³-hybridized carbons (Fsp3) is 0.125. The van der Waals surface area contributed by atoms with Crippen LogP contribution in [0.5, 0.6) is 17.2 Å². The molecule has 33 heavy (non-hydrogen) atoms. The molecule has 9 heteroatoms. The fourth-order valence-electron chi connectivity index (χ4n) is 2.89. The van der Waals surface area contributed by atoms with Gasteiger partial charge >= 0.3 is 0 Å². The molecule has 0 fully saturated rings. The average molecular weight is 466 g/mol. The molecular weight excluding hydrogens is 446 g/mol. The number of carbonyl (C=O) groups is 2. The van der Waals surface area contributed by atoms with Crippen molar-refractivity contribution in [3.63, 3.8) is 0 Å². The van der Waals surface area contributed by atoms with Gasteiger partial charge in [0.25, 0.3) is 11.8 Å².